The quantitative estimate of drug-likeness (QED) is 0.773. The van der Waals surface area contributed by atoms with Gasteiger partial charge in [0.05, 0.1) is 10.2 Å². The molecule has 3 rings (SSSR count). The van der Waals surface area contributed by atoms with Crippen LogP contribution in [0.2, 0.25) is 0 Å². The van der Waals surface area contributed by atoms with E-state index in [1.807, 2.05) is 25.1 Å². The van der Waals surface area contributed by atoms with Gasteiger partial charge in [-0.2, -0.15) is 0 Å². The van der Waals surface area contributed by atoms with Crippen LogP contribution >= 0.6 is 11.3 Å². The minimum absolute atomic E-state index is 0.291. The standard InChI is InChI=1S/C15H11FN2OS/c1-9-2-7-12-13(8-9)20-15(17-12)18-14(19)10-3-5-11(16)6-4-10/h2-8H,1H3,(H,17,18,19). The molecule has 0 aliphatic rings. The Morgan fingerprint density at radius 1 is 1.20 bits per heavy atom. The molecule has 0 atom stereocenters. The normalized spacial score (nSPS) is 10.7. The zero-order valence-electron chi connectivity index (χ0n) is 10.7. The molecule has 2 aromatic carbocycles. The summed E-state index contributed by atoms with van der Waals surface area (Å²) in [4.78, 5) is 16.4. The number of nitrogens with zero attached hydrogens (tertiary/aromatic N) is 1. The number of anilines is 1. The van der Waals surface area contributed by atoms with E-state index < -0.39 is 0 Å². The van der Waals surface area contributed by atoms with Crippen LogP contribution in [-0.4, -0.2) is 10.9 Å². The number of nitrogens with one attached hydrogen (secondary N) is 1. The summed E-state index contributed by atoms with van der Waals surface area (Å²) in [5.74, 6) is -0.655. The van der Waals surface area contributed by atoms with Gasteiger partial charge < -0.3 is 0 Å². The summed E-state index contributed by atoms with van der Waals surface area (Å²) in [6.45, 7) is 2.01. The molecule has 0 radical (unpaired) electrons. The number of aromatic nitrogens is 1. The number of hydrogen-bond acceptors (Lipinski definition) is 3. The highest BCUT2D eigenvalue weighted by Crippen LogP contribution is 2.26. The Bertz CT molecular complexity index is 780. The summed E-state index contributed by atoms with van der Waals surface area (Å²) in [6.07, 6.45) is 0. The van der Waals surface area contributed by atoms with Gasteiger partial charge >= 0.3 is 0 Å². The molecule has 1 amide bonds. The van der Waals surface area contributed by atoms with Gasteiger partial charge in [-0.3, -0.25) is 10.1 Å². The van der Waals surface area contributed by atoms with Crippen molar-refractivity contribution in [2.24, 2.45) is 0 Å². The Labute approximate surface area is 119 Å². The number of carbonyl (C=O) groups excluding carboxylic acids is 1. The van der Waals surface area contributed by atoms with Crippen LogP contribution in [-0.2, 0) is 0 Å². The van der Waals surface area contributed by atoms with E-state index >= 15 is 0 Å². The zero-order chi connectivity index (χ0) is 14.1. The van der Waals surface area contributed by atoms with Crippen molar-refractivity contribution in [3.8, 4) is 0 Å². The SMILES string of the molecule is Cc1ccc2nc(NC(=O)c3ccc(F)cc3)sc2c1. The molecule has 1 aromatic heterocycles. The molecule has 0 unspecified atom stereocenters. The summed E-state index contributed by atoms with van der Waals surface area (Å²) in [5.41, 5.74) is 2.41. The van der Waals surface area contributed by atoms with Gasteiger partial charge in [-0.25, -0.2) is 9.37 Å². The number of aryl methyl sites for hydroxylation is 1. The summed E-state index contributed by atoms with van der Waals surface area (Å²) in [6, 6.07) is 11.3. The average Bonchev–Trinajstić information content (AvgIpc) is 2.80. The van der Waals surface area contributed by atoms with Crippen LogP contribution in [0.25, 0.3) is 10.2 Å². The second-order valence-electron chi connectivity index (χ2n) is 4.45. The van der Waals surface area contributed by atoms with Gasteiger partial charge in [0.15, 0.2) is 5.13 Å². The highest BCUT2D eigenvalue weighted by molar-refractivity contribution is 7.22. The summed E-state index contributed by atoms with van der Waals surface area (Å²) >= 11 is 1.42. The van der Waals surface area contributed by atoms with E-state index in [0.29, 0.717) is 10.7 Å². The topological polar surface area (TPSA) is 42.0 Å². The maximum atomic E-state index is 12.8. The van der Waals surface area contributed by atoms with Crippen LogP contribution in [0.15, 0.2) is 42.5 Å². The van der Waals surface area contributed by atoms with Crippen molar-refractivity contribution in [3.63, 3.8) is 0 Å². The molecule has 0 aliphatic carbocycles. The Hall–Kier alpha value is -2.27. The predicted octanol–water partition coefficient (Wildman–Crippen LogP) is 4.00. The first kappa shape index (κ1) is 12.7. The number of amides is 1. The number of thiazole rings is 1. The third-order valence-electron chi connectivity index (χ3n) is 2.87. The third-order valence-corrected chi connectivity index (χ3v) is 3.80. The average molecular weight is 286 g/mol. The maximum absolute atomic E-state index is 12.8. The first-order valence-corrected chi connectivity index (χ1v) is 6.87. The highest BCUT2D eigenvalue weighted by Gasteiger charge is 2.10. The van der Waals surface area contributed by atoms with Crippen molar-refractivity contribution in [3.05, 3.63) is 59.4 Å². The lowest BCUT2D eigenvalue weighted by atomic mass is 10.2. The second kappa shape index (κ2) is 5.02. The van der Waals surface area contributed by atoms with E-state index in [4.69, 9.17) is 0 Å². The molecule has 1 N–H and O–H groups in total. The van der Waals surface area contributed by atoms with Gasteiger partial charge in [0.1, 0.15) is 5.82 Å². The predicted molar refractivity (Wildman–Crippen MR) is 78.7 cm³/mol. The lowest BCUT2D eigenvalue weighted by molar-refractivity contribution is 0.102. The van der Waals surface area contributed by atoms with Crippen LogP contribution < -0.4 is 5.32 Å². The fourth-order valence-electron chi connectivity index (χ4n) is 1.86. The van der Waals surface area contributed by atoms with Crippen LogP contribution in [0.1, 0.15) is 15.9 Å². The maximum Gasteiger partial charge on any atom is 0.257 e. The van der Waals surface area contributed by atoms with E-state index in [0.717, 1.165) is 15.8 Å². The van der Waals surface area contributed by atoms with Crippen LogP contribution in [0.3, 0.4) is 0 Å². The van der Waals surface area contributed by atoms with E-state index in [-0.39, 0.29) is 11.7 Å². The fraction of sp³-hybridized carbons (Fsp3) is 0.0667. The number of halogens is 1. The number of hydrogen-bond donors (Lipinski definition) is 1. The van der Waals surface area contributed by atoms with Crippen molar-refractivity contribution in [1.29, 1.82) is 0 Å². The molecule has 1 heterocycles. The molecule has 0 saturated carbocycles. The molecule has 0 aliphatic heterocycles. The molecular formula is C15H11FN2OS. The Morgan fingerprint density at radius 3 is 2.70 bits per heavy atom. The minimum atomic E-state index is -0.364. The number of benzene rings is 2. The first-order valence-electron chi connectivity index (χ1n) is 6.06. The molecule has 5 heteroatoms. The van der Waals surface area contributed by atoms with Gasteiger partial charge in [0.2, 0.25) is 0 Å². The van der Waals surface area contributed by atoms with Gasteiger partial charge in [0.25, 0.3) is 5.91 Å². The molecule has 100 valence electrons. The van der Waals surface area contributed by atoms with E-state index in [1.165, 1.54) is 35.6 Å². The lowest BCUT2D eigenvalue weighted by Gasteiger charge is -2.00. The van der Waals surface area contributed by atoms with Gasteiger partial charge in [-0.15, -0.1) is 0 Å². The molecule has 3 nitrogen and oxygen atoms in total. The molecule has 20 heavy (non-hydrogen) atoms. The monoisotopic (exact) mass is 286 g/mol. The fourth-order valence-corrected chi connectivity index (χ4v) is 2.81. The summed E-state index contributed by atoms with van der Waals surface area (Å²) in [5, 5.41) is 3.27. The van der Waals surface area contributed by atoms with Gasteiger partial charge in [-0.1, -0.05) is 17.4 Å². The molecule has 0 fully saturated rings. The molecule has 3 aromatic rings. The van der Waals surface area contributed by atoms with E-state index in [9.17, 15) is 9.18 Å². The number of fused-ring (bicyclic) bond motifs is 1. The third kappa shape index (κ3) is 2.53. The van der Waals surface area contributed by atoms with Crippen LogP contribution in [0, 0.1) is 12.7 Å². The minimum Gasteiger partial charge on any atom is -0.298 e. The Morgan fingerprint density at radius 2 is 1.95 bits per heavy atom. The van der Waals surface area contributed by atoms with Crippen molar-refractivity contribution in [1.82, 2.24) is 4.98 Å². The van der Waals surface area contributed by atoms with E-state index in [2.05, 4.69) is 10.3 Å². The molecule has 0 bridgehead atoms. The van der Waals surface area contributed by atoms with Crippen molar-refractivity contribution in [2.45, 2.75) is 6.92 Å². The summed E-state index contributed by atoms with van der Waals surface area (Å²) in [7, 11) is 0. The number of rotatable bonds is 2. The second-order valence-corrected chi connectivity index (χ2v) is 5.48. The zero-order valence-corrected chi connectivity index (χ0v) is 11.5. The van der Waals surface area contributed by atoms with Gasteiger partial charge in [-0.05, 0) is 48.9 Å². The molecule has 0 spiro atoms. The van der Waals surface area contributed by atoms with Crippen LogP contribution in [0.4, 0.5) is 9.52 Å². The van der Waals surface area contributed by atoms with Crippen LogP contribution in [0.5, 0.6) is 0 Å². The summed E-state index contributed by atoms with van der Waals surface area (Å²) < 4.78 is 13.8. The Kier molecular flexibility index (Phi) is 3.20. The van der Waals surface area contributed by atoms with Crippen molar-refractivity contribution >= 4 is 32.6 Å². The smallest absolute Gasteiger partial charge is 0.257 e. The molecule has 0 saturated heterocycles. The lowest BCUT2D eigenvalue weighted by Crippen LogP contribution is -2.11. The largest absolute Gasteiger partial charge is 0.298 e. The molecular weight excluding hydrogens is 275 g/mol. The van der Waals surface area contributed by atoms with Gasteiger partial charge in [0, 0.05) is 5.56 Å². The van der Waals surface area contributed by atoms with Crippen molar-refractivity contribution < 1.29 is 9.18 Å². The Balaban J connectivity index is 1.85. The van der Waals surface area contributed by atoms with E-state index in [1.54, 1.807) is 0 Å². The number of carbonyl (C=O) groups is 1. The first-order chi connectivity index (χ1) is 9.61. The van der Waals surface area contributed by atoms with Crippen molar-refractivity contribution in [2.75, 3.05) is 5.32 Å². The highest BCUT2D eigenvalue weighted by atomic mass is 32.1.